The molecule has 1 nitrogen and oxygen atoms in total. The summed E-state index contributed by atoms with van der Waals surface area (Å²) in [5, 5.41) is 2.01. The van der Waals surface area contributed by atoms with Crippen LogP contribution in [0.15, 0.2) is 11.5 Å². The Labute approximate surface area is 52.1 Å². The SMILES string of the molecule is CC=CSSCN. The third-order valence-corrected chi connectivity index (χ3v) is 2.13. The fourth-order valence-electron chi connectivity index (χ4n) is 0.134. The second-order valence-electron chi connectivity index (χ2n) is 0.850. The van der Waals surface area contributed by atoms with Crippen molar-refractivity contribution in [3.63, 3.8) is 0 Å². The number of nitrogens with two attached hydrogens (primary N) is 1. The molecule has 0 atom stereocenters. The zero-order chi connectivity index (χ0) is 5.54. The molecule has 0 heterocycles. The molecule has 0 amide bonds. The lowest BCUT2D eigenvalue weighted by Gasteiger charge is -1.84. The lowest BCUT2D eigenvalue weighted by molar-refractivity contribution is 1.41. The van der Waals surface area contributed by atoms with Gasteiger partial charge < -0.3 is 5.73 Å². The smallest absolute Gasteiger partial charge is 0.0501 e. The average molecular weight is 135 g/mol. The summed E-state index contributed by atoms with van der Waals surface area (Å²) in [6, 6.07) is 0. The molecule has 7 heavy (non-hydrogen) atoms. The van der Waals surface area contributed by atoms with E-state index < -0.39 is 0 Å². The van der Waals surface area contributed by atoms with Gasteiger partial charge >= 0.3 is 0 Å². The maximum atomic E-state index is 5.18. The van der Waals surface area contributed by atoms with Gasteiger partial charge in [0.05, 0.1) is 5.88 Å². The number of hydrogen-bond donors (Lipinski definition) is 1. The second-order valence-corrected chi connectivity index (χ2v) is 3.17. The van der Waals surface area contributed by atoms with Gasteiger partial charge in [0.2, 0.25) is 0 Å². The van der Waals surface area contributed by atoms with Crippen LogP contribution in [-0.4, -0.2) is 5.88 Å². The maximum Gasteiger partial charge on any atom is 0.0501 e. The molecule has 0 aromatic heterocycles. The van der Waals surface area contributed by atoms with E-state index in [9.17, 15) is 0 Å². The summed E-state index contributed by atoms with van der Waals surface area (Å²) in [5.74, 6) is 0.689. The van der Waals surface area contributed by atoms with Gasteiger partial charge in [0, 0.05) is 0 Å². The van der Waals surface area contributed by atoms with E-state index in [2.05, 4.69) is 0 Å². The lowest BCUT2D eigenvalue weighted by atomic mass is 10.8. The van der Waals surface area contributed by atoms with Crippen molar-refractivity contribution in [2.24, 2.45) is 5.73 Å². The van der Waals surface area contributed by atoms with Crippen molar-refractivity contribution in [2.45, 2.75) is 6.92 Å². The maximum absolute atomic E-state index is 5.18. The molecule has 0 aromatic rings. The van der Waals surface area contributed by atoms with Gasteiger partial charge in [0.1, 0.15) is 0 Å². The first-order valence-electron chi connectivity index (χ1n) is 2.01. The summed E-state index contributed by atoms with van der Waals surface area (Å²) in [4.78, 5) is 0. The predicted octanol–water partition coefficient (Wildman–Crippen LogP) is 1.82. The molecule has 0 aromatic carbocycles. The summed E-state index contributed by atoms with van der Waals surface area (Å²) < 4.78 is 0. The molecule has 0 saturated heterocycles. The van der Waals surface area contributed by atoms with Crippen molar-refractivity contribution in [2.75, 3.05) is 5.88 Å². The van der Waals surface area contributed by atoms with Gasteiger partial charge in [-0.15, -0.1) is 0 Å². The normalized spacial score (nSPS) is 10.6. The summed E-state index contributed by atoms with van der Waals surface area (Å²) in [6.45, 7) is 1.99. The number of hydrogen-bond acceptors (Lipinski definition) is 3. The summed E-state index contributed by atoms with van der Waals surface area (Å²) in [5.41, 5.74) is 5.18. The molecule has 2 N–H and O–H groups in total. The van der Waals surface area contributed by atoms with Crippen molar-refractivity contribution >= 4 is 21.6 Å². The quantitative estimate of drug-likeness (QED) is 0.363. The fourth-order valence-corrected chi connectivity index (χ4v) is 1.21. The van der Waals surface area contributed by atoms with Gasteiger partial charge in [-0.05, 0) is 12.3 Å². The molecule has 42 valence electrons. The topological polar surface area (TPSA) is 26.0 Å². The number of allylic oxidation sites excluding steroid dienone is 1. The molecule has 0 aliphatic rings. The van der Waals surface area contributed by atoms with E-state index in [4.69, 9.17) is 5.73 Å². The van der Waals surface area contributed by atoms with Crippen LogP contribution in [0.25, 0.3) is 0 Å². The van der Waals surface area contributed by atoms with Crippen molar-refractivity contribution in [3.8, 4) is 0 Å². The summed E-state index contributed by atoms with van der Waals surface area (Å²) >= 11 is 0. The first-order valence-corrected chi connectivity index (χ1v) is 4.39. The zero-order valence-corrected chi connectivity index (χ0v) is 5.89. The minimum absolute atomic E-state index is 0.689. The molecule has 0 unspecified atom stereocenters. The molecule has 3 heteroatoms. The van der Waals surface area contributed by atoms with Crippen LogP contribution in [0.4, 0.5) is 0 Å². The Balaban J connectivity index is 2.69. The van der Waals surface area contributed by atoms with E-state index in [-0.39, 0.29) is 0 Å². The fraction of sp³-hybridized carbons (Fsp3) is 0.500. The molecule has 0 bridgehead atoms. The van der Waals surface area contributed by atoms with E-state index in [0.29, 0.717) is 5.88 Å². The van der Waals surface area contributed by atoms with Crippen LogP contribution in [0, 0.1) is 0 Å². The third-order valence-electron chi connectivity index (χ3n) is 0.328. The molecule has 0 fully saturated rings. The van der Waals surface area contributed by atoms with E-state index in [1.807, 2.05) is 18.4 Å². The van der Waals surface area contributed by atoms with E-state index in [1.54, 1.807) is 21.6 Å². The molecule has 0 radical (unpaired) electrons. The van der Waals surface area contributed by atoms with Crippen molar-refractivity contribution < 1.29 is 0 Å². The number of rotatable bonds is 3. The summed E-state index contributed by atoms with van der Waals surface area (Å²) in [6.07, 6.45) is 1.99. The van der Waals surface area contributed by atoms with Crippen LogP contribution < -0.4 is 5.73 Å². The van der Waals surface area contributed by atoms with Crippen molar-refractivity contribution in [1.82, 2.24) is 0 Å². The highest BCUT2D eigenvalue weighted by atomic mass is 33.1. The van der Waals surface area contributed by atoms with Gasteiger partial charge in [-0.25, -0.2) is 0 Å². The monoisotopic (exact) mass is 135 g/mol. The molecule has 0 aliphatic carbocycles. The third kappa shape index (κ3) is 6.40. The Hall–Kier alpha value is 0.400. The molecular formula is C4H9NS2. The van der Waals surface area contributed by atoms with E-state index >= 15 is 0 Å². The van der Waals surface area contributed by atoms with Gasteiger partial charge in [0.25, 0.3) is 0 Å². The standard InChI is InChI=1S/C4H9NS2/c1-2-3-6-7-4-5/h2-3H,4-5H2,1H3. The lowest BCUT2D eigenvalue weighted by Crippen LogP contribution is -1.87. The average Bonchev–Trinajstić information content (AvgIpc) is 1.69. The highest BCUT2D eigenvalue weighted by Gasteiger charge is 1.73. The minimum Gasteiger partial charge on any atom is -0.321 e. The van der Waals surface area contributed by atoms with Crippen LogP contribution in [-0.2, 0) is 0 Å². The van der Waals surface area contributed by atoms with Gasteiger partial charge in [-0.3, -0.25) is 0 Å². The molecule has 0 spiro atoms. The van der Waals surface area contributed by atoms with E-state index in [1.165, 1.54) is 0 Å². The highest BCUT2D eigenvalue weighted by molar-refractivity contribution is 8.77. The van der Waals surface area contributed by atoms with Gasteiger partial charge in [-0.1, -0.05) is 27.7 Å². The first kappa shape index (κ1) is 7.40. The largest absolute Gasteiger partial charge is 0.321 e. The Morgan fingerprint density at radius 1 is 1.71 bits per heavy atom. The van der Waals surface area contributed by atoms with E-state index in [0.717, 1.165) is 0 Å². The van der Waals surface area contributed by atoms with Crippen LogP contribution in [0.5, 0.6) is 0 Å². The molecule has 0 rings (SSSR count). The Kier molecular flexibility index (Phi) is 6.77. The molecule has 0 aliphatic heterocycles. The highest BCUT2D eigenvalue weighted by Crippen LogP contribution is 2.19. The van der Waals surface area contributed by atoms with Crippen LogP contribution >= 0.6 is 21.6 Å². The van der Waals surface area contributed by atoms with Crippen molar-refractivity contribution in [3.05, 3.63) is 11.5 Å². The molecular weight excluding hydrogens is 126 g/mol. The van der Waals surface area contributed by atoms with Crippen LogP contribution in [0.1, 0.15) is 6.92 Å². The van der Waals surface area contributed by atoms with Crippen molar-refractivity contribution in [1.29, 1.82) is 0 Å². The Bertz CT molecular complexity index is 53.7. The molecule has 0 saturated carbocycles. The zero-order valence-electron chi connectivity index (χ0n) is 4.26. The Morgan fingerprint density at radius 3 is 2.86 bits per heavy atom. The van der Waals surface area contributed by atoms with Crippen LogP contribution in [0.3, 0.4) is 0 Å². The Morgan fingerprint density at radius 2 is 2.43 bits per heavy atom. The van der Waals surface area contributed by atoms with Gasteiger partial charge in [0.15, 0.2) is 0 Å². The minimum atomic E-state index is 0.689. The van der Waals surface area contributed by atoms with Crippen LogP contribution in [0.2, 0.25) is 0 Å². The van der Waals surface area contributed by atoms with Gasteiger partial charge in [-0.2, -0.15) is 0 Å². The first-order chi connectivity index (χ1) is 3.41. The summed E-state index contributed by atoms with van der Waals surface area (Å²) in [7, 11) is 3.30. The predicted molar refractivity (Wildman–Crippen MR) is 39.1 cm³/mol. The second kappa shape index (κ2) is 6.40.